The first-order chi connectivity index (χ1) is 9.45. The summed E-state index contributed by atoms with van der Waals surface area (Å²) in [5.41, 5.74) is 1.23. The van der Waals surface area contributed by atoms with E-state index in [1.165, 1.54) is 11.8 Å². The van der Waals surface area contributed by atoms with E-state index in [4.69, 9.17) is 5.11 Å². The third-order valence-corrected chi connectivity index (χ3v) is 3.61. The molecule has 0 spiro atoms. The van der Waals surface area contributed by atoms with Crippen molar-refractivity contribution in [2.75, 3.05) is 0 Å². The molecule has 0 saturated carbocycles. The number of benzene rings is 1. The third kappa shape index (κ3) is 3.57. The first-order valence-electron chi connectivity index (χ1n) is 6.32. The van der Waals surface area contributed by atoms with Crippen LogP contribution in [-0.2, 0) is 0 Å². The fourth-order valence-electron chi connectivity index (χ4n) is 1.66. The fourth-order valence-corrected chi connectivity index (χ4v) is 2.54. The molecule has 0 radical (unpaired) electrons. The Hall–Kier alpha value is -1.88. The predicted octanol–water partition coefficient (Wildman–Crippen LogP) is 3.76. The molecule has 1 heterocycles. The van der Waals surface area contributed by atoms with Crippen LogP contribution in [0.1, 0.15) is 41.6 Å². The van der Waals surface area contributed by atoms with Gasteiger partial charge < -0.3 is 5.11 Å². The summed E-state index contributed by atoms with van der Waals surface area (Å²) < 4.78 is 0. The van der Waals surface area contributed by atoms with Gasteiger partial charge in [0, 0.05) is 16.5 Å². The Morgan fingerprint density at radius 3 is 2.40 bits per heavy atom. The molecule has 0 aliphatic heterocycles. The molecule has 2 rings (SSSR count). The quantitative estimate of drug-likeness (QED) is 0.868. The number of aryl methyl sites for hydroxylation is 1. The van der Waals surface area contributed by atoms with Gasteiger partial charge in [0.05, 0.1) is 5.56 Å². The molecule has 1 aromatic heterocycles. The lowest BCUT2D eigenvalue weighted by atomic mass is 10.2. The van der Waals surface area contributed by atoms with Crippen LogP contribution in [-0.4, -0.2) is 21.0 Å². The molecule has 0 atom stereocenters. The summed E-state index contributed by atoms with van der Waals surface area (Å²) in [5, 5.41) is 9.75. The number of carboxylic acid groups (broad SMARTS) is 1. The maximum absolute atomic E-state index is 10.8. The van der Waals surface area contributed by atoms with Gasteiger partial charge in [0.25, 0.3) is 0 Å². The molecule has 0 amide bonds. The molecule has 1 aromatic carbocycles. The van der Waals surface area contributed by atoms with Crippen molar-refractivity contribution in [2.24, 2.45) is 0 Å². The minimum absolute atomic E-state index is 0.281. The normalized spacial score (nSPS) is 10.8. The van der Waals surface area contributed by atoms with Crippen molar-refractivity contribution in [1.82, 2.24) is 9.97 Å². The van der Waals surface area contributed by atoms with Crippen LogP contribution in [0.3, 0.4) is 0 Å². The molecule has 104 valence electrons. The zero-order valence-corrected chi connectivity index (χ0v) is 12.4. The number of aromatic nitrogens is 2. The van der Waals surface area contributed by atoms with E-state index in [-0.39, 0.29) is 11.5 Å². The number of rotatable bonds is 4. The lowest BCUT2D eigenvalue weighted by Gasteiger charge is -2.08. The molecule has 20 heavy (non-hydrogen) atoms. The highest BCUT2D eigenvalue weighted by molar-refractivity contribution is 7.99. The zero-order valence-electron chi connectivity index (χ0n) is 11.6. The largest absolute Gasteiger partial charge is 0.478 e. The maximum atomic E-state index is 10.8. The van der Waals surface area contributed by atoms with Crippen LogP contribution < -0.4 is 0 Å². The number of carbonyl (C=O) groups is 1. The molecule has 0 saturated heterocycles. The van der Waals surface area contributed by atoms with Crippen LogP contribution in [0.2, 0.25) is 0 Å². The van der Waals surface area contributed by atoms with Crippen molar-refractivity contribution in [2.45, 2.75) is 36.6 Å². The van der Waals surface area contributed by atoms with E-state index < -0.39 is 5.97 Å². The second kappa shape index (κ2) is 6.05. The van der Waals surface area contributed by atoms with Gasteiger partial charge in [-0.15, -0.1) is 0 Å². The average molecular weight is 288 g/mol. The van der Waals surface area contributed by atoms with Gasteiger partial charge in [-0.05, 0) is 37.3 Å². The average Bonchev–Trinajstić information content (AvgIpc) is 2.38. The first-order valence-corrected chi connectivity index (χ1v) is 7.14. The van der Waals surface area contributed by atoms with E-state index in [9.17, 15) is 4.79 Å². The van der Waals surface area contributed by atoms with Gasteiger partial charge in [0.2, 0.25) is 0 Å². The molecular formula is C15H16N2O2S. The molecule has 5 heteroatoms. The topological polar surface area (TPSA) is 63.1 Å². The van der Waals surface area contributed by atoms with Crippen LogP contribution in [0, 0.1) is 6.92 Å². The van der Waals surface area contributed by atoms with E-state index >= 15 is 0 Å². The molecule has 4 nitrogen and oxygen atoms in total. The predicted molar refractivity (Wildman–Crippen MR) is 78.4 cm³/mol. The van der Waals surface area contributed by atoms with Crippen LogP contribution in [0.25, 0.3) is 0 Å². The lowest BCUT2D eigenvalue weighted by Crippen LogP contribution is -2.00. The van der Waals surface area contributed by atoms with E-state index in [0.717, 1.165) is 21.4 Å². The van der Waals surface area contributed by atoms with E-state index in [2.05, 4.69) is 23.8 Å². The molecule has 0 aliphatic carbocycles. The van der Waals surface area contributed by atoms with E-state index in [1.807, 2.05) is 13.0 Å². The van der Waals surface area contributed by atoms with Gasteiger partial charge in [0.15, 0.2) is 0 Å². The van der Waals surface area contributed by atoms with Gasteiger partial charge in [-0.25, -0.2) is 14.8 Å². The Bertz CT molecular complexity index is 624. The summed E-state index contributed by atoms with van der Waals surface area (Å²) in [6, 6.07) is 8.72. The van der Waals surface area contributed by atoms with Gasteiger partial charge in [0.1, 0.15) is 10.9 Å². The number of hydrogen-bond donors (Lipinski definition) is 1. The number of aromatic carboxylic acids is 1. The number of nitrogens with zero attached hydrogens (tertiary/aromatic N) is 2. The summed E-state index contributed by atoms with van der Waals surface area (Å²) in [6.07, 6.45) is 0. The standard InChI is InChI=1S/C15H16N2O2S/c1-9(2)14-16-10(3)8-13(17-14)20-12-6-4-11(5-7-12)15(18)19/h4-9H,1-3H3,(H,18,19). The summed E-state index contributed by atoms with van der Waals surface area (Å²) in [7, 11) is 0. The van der Waals surface area contributed by atoms with Gasteiger partial charge in [-0.2, -0.15) is 0 Å². The minimum Gasteiger partial charge on any atom is -0.478 e. The highest BCUT2D eigenvalue weighted by Crippen LogP contribution is 2.27. The van der Waals surface area contributed by atoms with Crippen molar-refractivity contribution >= 4 is 17.7 Å². The Morgan fingerprint density at radius 2 is 1.85 bits per heavy atom. The van der Waals surface area contributed by atoms with E-state index in [1.54, 1.807) is 24.3 Å². The first kappa shape index (κ1) is 14.5. The summed E-state index contributed by atoms with van der Waals surface area (Å²) >= 11 is 1.51. The molecule has 1 N–H and O–H groups in total. The minimum atomic E-state index is -0.915. The Balaban J connectivity index is 2.23. The van der Waals surface area contributed by atoms with E-state index in [0.29, 0.717) is 0 Å². The van der Waals surface area contributed by atoms with Crippen molar-refractivity contribution < 1.29 is 9.90 Å². The molecule has 0 fully saturated rings. The second-order valence-electron chi connectivity index (χ2n) is 4.79. The SMILES string of the molecule is Cc1cc(Sc2ccc(C(=O)O)cc2)nc(C(C)C)n1. The summed E-state index contributed by atoms with van der Waals surface area (Å²) in [6.45, 7) is 6.07. The van der Waals surface area contributed by atoms with Crippen molar-refractivity contribution in [3.63, 3.8) is 0 Å². The van der Waals surface area contributed by atoms with Gasteiger partial charge in [-0.3, -0.25) is 0 Å². The maximum Gasteiger partial charge on any atom is 0.335 e. The van der Waals surface area contributed by atoms with Gasteiger partial charge >= 0.3 is 5.97 Å². The van der Waals surface area contributed by atoms with Crippen LogP contribution >= 0.6 is 11.8 Å². The second-order valence-corrected chi connectivity index (χ2v) is 5.89. The Kier molecular flexibility index (Phi) is 4.39. The summed E-state index contributed by atoms with van der Waals surface area (Å²) in [4.78, 5) is 20.7. The van der Waals surface area contributed by atoms with Crippen molar-refractivity contribution in [3.8, 4) is 0 Å². The molecule has 0 bridgehead atoms. The lowest BCUT2D eigenvalue weighted by molar-refractivity contribution is 0.0697. The molecular weight excluding hydrogens is 272 g/mol. The van der Waals surface area contributed by atoms with Crippen LogP contribution in [0.15, 0.2) is 40.3 Å². The van der Waals surface area contributed by atoms with Crippen molar-refractivity contribution in [3.05, 3.63) is 47.4 Å². The highest BCUT2D eigenvalue weighted by Gasteiger charge is 2.08. The molecule has 0 unspecified atom stereocenters. The number of carboxylic acids is 1. The highest BCUT2D eigenvalue weighted by atomic mass is 32.2. The smallest absolute Gasteiger partial charge is 0.335 e. The zero-order chi connectivity index (χ0) is 14.7. The monoisotopic (exact) mass is 288 g/mol. The fraction of sp³-hybridized carbons (Fsp3) is 0.267. The van der Waals surface area contributed by atoms with Gasteiger partial charge in [-0.1, -0.05) is 25.6 Å². The van der Waals surface area contributed by atoms with Crippen LogP contribution in [0.5, 0.6) is 0 Å². The Morgan fingerprint density at radius 1 is 1.20 bits per heavy atom. The summed E-state index contributed by atoms with van der Waals surface area (Å²) in [5.74, 6) is 0.194. The van der Waals surface area contributed by atoms with Crippen molar-refractivity contribution in [1.29, 1.82) is 0 Å². The van der Waals surface area contributed by atoms with Crippen LogP contribution in [0.4, 0.5) is 0 Å². The number of hydrogen-bond acceptors (Lipinski definition) is 4. The Labute approximate surface area is 122 Å². The third-order valence-electron chi connectivity index (χ3n) is 2.69. The molecule has 0 aliphatic rings. The molecule has 2 aromatic rings.